The predicted octanol–water partition coefficient (Wildman–Crippen LogP) is 3.97. The lowest BCUT2D eigenvalue weighted by Crippen LogP contribution is -2.17. The highest BCUT2D eigenvalue weighted by molar-refractivity contribution is 5.84. The molecule has 0 aliphatic rings. The second-order valence-corrected chi connectivity index (χ2v) is 6.38. The molecule has 6 heteroatoms. The molecule has 5 nitrogen and oxygen atoms in total. The molecule has 2 aromatic carbocycles. The first kappa shape index (κ1) is 19.0. The Labute approximate surface area is 158 Å². The third-order valence-electron chi connectivity index (χ3n) is 4.69. The summed E-state index contributed by atoms with van der Waals surface area (Å²) >= 11 is 0. The van der Waals surface area contributed by atoms with E-state index in [1.165, 1.54) is 6.07 Å². The smallest absolute Gasteiger partial charge is 0.203 e. The molecule has 0 unspecified atom stereocenters. The number of ether oxygens (including phenoxy) is 3. The van der Waals surface area contributed by atoms with Crippen molar-refractivity contribution < 1.29 is 18.6 Å². The third kappa shape index (κ3) is 4.01. The summed E-state index contributed by atoms with van der Waals surface area (Å²) in [4.78, 5) is 3.31. The Balaban J connectivity index is 1.67. The van der Waals surface area contributed by atoms with E-state index in [0.29, 0.717) is 23.8 Å². The first-order chi connectivity index (χ1) is 13.1. The van der Waals surface area contributed by atoms with Crippen LogP contribution in [0.15, 0.2) is 30.3 Å². The Bertz CT molecular complexity index is 912. The van der Waals surface area contributed by atoms with Crippen LogP contribution in [0.5, 0.6) is 17.2 Å². The fraction of sp³-hybridized carbons (Fsp3) is 0.333. The van der Waals surface area contributed by atoms with E-state index in [4.69, 9.17) is 14.2 Å². The lowest BCUT2D eigenvalue weighted by Gasteiger charge is -2.14. The summed E-state index contributed by atoms with van der Waals surface area (Å²) in [7, 11) is 4.80. The first-order valence-electron chi connectivity index (χ1n) is 8.83. The Kier molecular flexibility index (Phi) is 5.86. The maximum absolute atomic E-state index is 13.6. The van der Waals surface area contributed by atoms with Crippen LogP contribution in [-0.2, 0) is 13.0 Å². The maximum Gasteiger partial charge on any atom is 0.203 e. The maximum atomic E-state index is 13.6. The number of aryl methyl sites for hydroxylation is 1. The van der Waals surface area contributed by atoms with Crippen molar-refractivity contribution in [2.45, 2.75) is 19.9 Å². The van der Waals surface area contributed by atoms with Crippen LogP contribution in [0.2, 0.25) is 0 Å². The zero-order chi connectivity index (χ0) is 19.4. The Morgan fingerprint density at radius 2 is 1.70 bits per heavy atom. The van der Waals surface area contributed by atoms with Crippen LogP contribution in [-0.4, -0.2) is 32.9 Å². The van der Waals surface area contributed by atoms with E-state index in [-0.39, 0.29) is 5.82 Å². The van der Waals surface area contributed by atoms with Gasteiger partial charge in [-0.3, -0.25) is 0 Å². The number of methoxy groups -OCH3 is 3. The highest BCUT2D eigenvalue weighted by Gasteiger charge is 2.13. The van der Waals surface area contributed by atoms with Gasteiger partial charge in [-0.25, -0.2) is 4.39 Å². The van der Waals surface area contributed by atoms with Crippen LogP contribution in [0.1, 0.15) is 16.8 Å². The lowest BCUT2D eigenvalue weighted by atomic mass is 10.1. The fourth-order valence-electron chi connectivity index (χ4n) is 3.36. The summed E-state index contributed by atoms with van der Waals surface area (Å²) in [6.07, 6.45) is 0.805. The van der Waals surface area contributed by atoms with Crippen molar-refractivity contribution >= 4 is 10.9 Å². The number of aromatic nitrogens is 1. The molecule has 0 atom stereocenters. The minimum atomic E-state index is -0.215. The fourth-order valence-corrected chi connectivity index (χ4v) is 3.36. The quantitative estimate of drug-likeness (QED) is 0.588. The van der Waals surface area contributed by atoms with E-state index in [9.17, 15) is 4.39 Å². The van der Waals surface area contributed by atoms with Gasteiger partial charge in [-0.15, -0.1) is 0 Å². The zero-order valence-corrected chi connectivity index (χ0v) is 16.1. The van der Waals surface area contributed by atoms with E-state index in [1.807, 2.05) is 19.1 Å². The molecular weight excluding hydrogens is 347 g/mol. The summed E-state index contributed by atoms with van der Waals surface area (Å²) < 4.78 is 29.7. The SMILES string of the molecule is COc1cc(CNCCc2c(C)[nH]c3ccc(F)cc23)cc(OC)c1OC. The van der Waals surface area contributed by atoms with Crippen molar-refractivity contribution in [1.29, 1.82) is 0 Å². The molecule has 144 valence electrons. The van der Waals surface area contributed by atoms with Crippen molar-refractivity contribution in [3.8, 4) is 17.2 Å². The van der Waals surface area contributed by atoms with Gasteiger partial charge in [0.1, 0.15) is 5.82 Å². The van der Waals surface area contributed by atoms with Gasteiger partial charge in [0.2, 0.25) is 5.75 Å². The van der Waals surface area contributed by atoms with Crippen LogP contribution < -0.4 is 19.5 Å². The number of H-pyrrole nitrogens is 1. The van der Waals surface area contributed by atoms with Gasteiger partial charge >= 0.3 is 0 Å². The Hall–Kier alpha value is -2.73. The molecule has 0 aliphatic heterocycles. The van der Waals surface area contributed by atoms with Crippen LogP contribution in [0, 0.1) is 12.7 Å². The molecule has 0 spiro atoms. The van der Waals surface area contributed by atoms with E-state index >= 15 is 0 Å². The molecule has 0 amide bonds. The molecule has 1 heterocycles. The Morgan fingerprint density at radius 1 is 1.00 bits per heavy atom. The van der Waals surface area contributed by atoms with Gasteiger partial charge in [0.25, 0.3) is 0 Å². The van der Waals surface area contributed by atoms with Crippen molar-refractivity contribution in [1.82, 2.24) is 10.3 Å². The summed E-state index contributed by atoms with van der Waals surface area (Å²) in [6, 6.07) is 8.71. The molecule has 2 N–H and O–H groups in total. The number of fused-ring (bicyclic) bond motifs is 1. The number of aromatic amines is 1. The first-order valence-corrected chi connectivity index (χ1v) is 8.83. The topological polar surface area (TPSA) is 55.5 Å². The third-order valence-corrected chi connectivity index (χ3v) is 4.69. The van der Waals surface area contributed by atoms with Gasteiger partial charge in [-0.2, -0.15) is 0 Å². The predicted molar refractivity (Wildman–Crippen MR) is 105 cm³/mol. The summed E-state index contributed by atoms with van der Waals surface area (Å²) in [5, 5.41) is 4.37. The molecule has 0 saturated heterocycles. The van der Waals surface area contributed by atoms with Crippen LogP contribution >= 0.6 is 0 Å². The molecule has 0 aliphatic carbocycles. The zero-order valence-electron chi connectivity index (χ0n) is 16.1. The molecule has 27 heavy (non-hydrogen) atoms. The summed E-state index contributed by atoms with van der Waals surface area (Å²) in [5.74, 6) is 1.64. The average molecular weight is 372 g/mol. The average Bonchev–Trinajstić information content (AvgIpc) is 2.98. The van der Waals surface area contributed by atoms with Gasteiger partial charge in [-0.1, -0.05) is 0 Å². The number of hydrogen-bond donors (Lipinski definition) is 2. The van der Waals surface area contributed by atoms with Gasteiger partial charge < -0.3 is 24.5 Å². The number of hydrogen-bond acceptors (Lipinski definition) is 4. The number of halogens is 1. The van der Waals surface area contributed by atoms with Crippen LogP contribution in [0.4, 0.5) is 4.39 Å². The number of nitrogens with one attached hydrogen (secondary N) is 2. The minimum Gasteiger partial charge on any atom is -0.493 e. The molecule has 3 rings (SSSR count). The molecule has 0 radical (unpaired) electrons. The van der Waals surface area contributed by atoms with E-state index in [1.54, 1.807) is 33.5 Å². The highest BCUT2D eigenvalue weighted by atomic mass is 19.1. The molecule has 0 saturated carbocycles. The normalized spacial score (nSPS) is 11.0. The van der Waals surface area contributed by atoms with Crippen LogP contribution in [0.25, 0.3) is 10.9 Å². The van der Waals surface area contributed by atoms with Crippen LogP contribution in [0.3, 0.4) is 0 Å². The van der Waals surface area contributed by atoms with Gasteiger partial charge in [0, 0.05) is 23.1 Å². The number of benzene rings is 2. The molecule has 1 aromatic heterocycles. The highest BCUT2D eigenvalue weighted by Crippen LogP contribution is 2.38. The number of rotatable bonds is 8. The van der Waals surface area contributed by atoms with Gasteiger partial charge in [0.05, 0.1) is 21.3 Å². The van der Waals surface area contributed by atoms with E-state index < -0.39 is 0 Å². The second-order valence-electron chi connectivity index (χ2n) is 6.38. The van der Waals surface area contributed by atoms with Gasteiger partial charge in [-0.05, 0) is 61.3 Å². The largest absolute Gasteiger partial charge is 0.493 e. The van der Waals surface area contributed by atoms with Crippen molar-refractivity contribution in [3.63, 3.8) is 0 Å². The van der Waals surface area contributed by atoms with E-state index in [0.717, 1.165) is 40.7 Å². The Morgan fingerprint density at radius 3 is 2.33 bits per heavy atom. The molecular formula is C21H25FN2O3. The van der Waals surface area contributed by atoms with Crippen molar-refractivity contribution in [2.24, 2.45) is 0 Å². The van der Waals surface area contributed by atoms with Gasteiger partial charge in [0.15, 0.2) is 11.5 Å². The summed E-state index contributed by atoms with van der Waals surface area (Å²) in [6.45, 7) is 3.44. The lowest BCUT2D eigenvalue weighted by molar-refractivity contribution is 0.323. The standard InChI is InChI=1S/C21H25FN2O3/c1-13-16(17-11-15(22)5-6-18(17)24-13)7-8-23-12-14-9-19(25-2)21(27-4)20(10-14)26-3/h5-6,9-11,23-24H,7-8,12H2,1-4H3. The molecule has 0 bridgehead atoms. The molecule has 3 aromatic rings. The monoisotopic (exact) mass is 372 g/mol. The van der Waals surface area contributed by atoms with Crippen molar-refractivity contribution in [2.75, 3.05) is 27.9 Å². The molecule has 0 fully saturated rings. The second kappa shape index (κ2) is 8.31. The van der Waals surface area contributed by atoms with E-state index in [2.05, 4.69) is 10.3 Å². The minimum absolute atomic E-state index is 0.215. The summed E-state index contributed by atoms with van der Waals surface area (Å²) in [5.41, 5.74) is 4.21. The van der Waals surface area contributed by atoms with Crippen molar-refractivity contribution in [3.05, 3.63) is 53.0 Å².